The monoisotopic (exact) mass is 378 g/mol. The Bertz CT molecular complexity index is 892. The molecule has 0 fully saturated rings. The molecule has 3 rings (SSSR count). The second-order valence-corrected chi connectivity index (χ2v) is 10.2. The average molecular weight is 379 g/mol. The summed E-state index contributed by atoms with van der Waals surface area (Å²) in [6.07, 6.45) is 5.52. The Balaban J connectivity index is 1.91. The molecular weight excluding hydrogens is 344 g/mol. The highest BCUT2D eigenvalue weighted by Gasteiger charge is 2.24. The van der Waals surface area contributed by atoms with Gasteiger partial charge in [-0.15, -0.1) is 0 Å². The summed E-state index contributed by atoms with van der Waals surface area (Å²) in [6.45, 7) is 12.8. The van der Waals surface area contributed by atoms with Crippen molar-refractivity contribution in [3.8, 4) is 11.5 Å². The third-order valence-corrected chi connectivity index (χ3v) is 5.85. The largest absolute Gasteiger partial charge is 0.508 e. The van der Waals surface area contributed by atoms with E-state index in [2.05, 4.69) is 65.8 Å². The van der Waals surface area contributed by atoms with E-state index in [9.17, 15) is 10.2 Å². The molecule has 2 aromatic rings. The van der Waals surface area contributed by atoms with E-state index in [1.807, 2.05) is 18.2 Å². The molecule has 28 heavy (non-hydrogen) atoms. The Kier molecular flexibility index (Phi) is 5.36. The maximum atomic E-state index is 10.3. The van der Waals surface area contributed by atoms with Crippen molar-refractivity contribution in [2.45, 2.75) is 77.6 Å². The lowest BCUT2D eigenvalue weighted by Crippen LogP contribution is -2.13. The molecule has 2 heteroatoms. The molecule has 1 aliphatic rings. The van der Waals surface area contributed by atoms with E-state index >= 15 is 0 Å². The molecule has 0 bridgehead atoms. The SMILES string of the molecule is CC(C)(C)c1cc(C2=CCCC(c3ccc(O)c(C(C)(C)C)c3)C2)ccc1O. The van der Waals surface area contributed by atoms with Crippen LogP contribution in [0, 0.1) is 0 Å². The van der Waals surface area contributed by atoms with Crippen LogP contribution in [-0.4, -0.2) is 10.2 Å². The lowest BCUT2D eigenvalue weighted by atomic mass is 9.78. The third-order valence-electron chi connectivity index (χ3n) is 5.85. The molecule has 2 nitrogen and oxygen atoms in total. The van der Waals surface area contributed by atoms with Gasteiger partial charge >= 0.3 is 0 Å². The number of hydrogen-bond acceptors (Lipinski definition) is 2. The smallest absolute Gasteiger partial charge is 0.119 e. The van der Waals surface area contributed by atoms with Gasteiger partial charge in [0.25, 0.3) is 0 Å². The molecular formula is C26H34O2. The first-order chi connectivity index (χ1) is 13.0. The Hall–Kier alpha value is -2.22. The lowest BCUT2D eigenvalue weighted by molar-refractivity contribution is 0.445. The first-order valence-electron chi connectivity index (χ1n) is 10.3. The van der Waals surface area contributed by atoms with Crippen LogP contribution >= 0.6 is 0 Å². The van der Waals surface area contributed by atoms with E-state index < -0.39 is 0 Å². The van der Waals surface area contributed by atoms with Crippen molar-refractivity contribution in [2.75, 3.05) is 0 Å². The highest BCUT2D eigenvalue weighted by molar-refractivity contribution is 5.69. The number of phenolic OH excluding ortho intramolecular Hbond substituents is 2. The van der Waals surface area contributed by atoms with Crippen LogP contribution < -0.4 is 0 Å². The number of hydrogen-bond donors (Lipinski definition) is 2. The molecule has 0 aliphatic heterocycles. The predicted molar refractivity (Wildman–Crippen MR) is 118 cm³/mol. The summed E-state index contributed by atoms with van der Waals surface area (Å²) in [5.41, 5.74) is 5.71. The molecule has 1 unspecified atom stereocenters. The van der Waals surface area contributed by atoms with Crippen LogP contribution in [0.5, 0.6) is 11.5 Å². The van der Waals surface area contributed by atoms with E-state index in [1.54, 1.807) is 0 Å². The van der Waals surface area contributed by atoms with Gasteiger partial charge in [-0.3, -0.25) is 0 Å². The van der Waals surface area contributed by atoms with Crippen molar-refractivity contribution >= 4 is 5.57 Å². The Morgan fingerprint density at radius 3 is 1.96 bits per heavy atom. The van der Waals surface area contributed by atoms with Gasteiger partial charge in [-0.1, -0.05) is 65.8 Å². The van der Waals surface area contributed by atoms with Crippen LogP contribution in [0.2, 0.25) is 0 Å². The summed E-state index contributed by atoms with van der Waals surface area (Å²) in [4.78, 5) is 0. The maximum absolute atomic E-state index is 10.3. The molecule has 0 spiro atoms. The van der Waals surface area contributed by atoms with Gasteiger partial charge in [0.05, 0.1) is 0 Å². The average Bonchev–Trinajstić information content (AvgIpc) is 2.60. The van der Waals surface area contributed by atoms with Crippen LogP contribution in [0.4, 0.5) is 0 Å². The van der Waals surface area contributed by atoms with Crippen molar-refractivity contribution in [1.82, 2.24) is 0 Å². The highest BCUT2D eigenvalue weighted by Crippen LogP contribution is 2.41. The summed E-state index contributed by atoms with van der Waals surface area (Å²) in [6, 6.07) is 12.2. The van der Waals surface area contributed by atoms with Gasteiger partial charge < -0.3 is 10.2 Å². The second-order valence-electron chi connectivity index (χ2n) is 10.2. The standard InChI is InChI=1S/C26H34O2/c1-25(2,3)21-15-19(10-12-23(21)27)17-8-7-9-18(14-17)20-11-13-24(28)22(16-20)26(4,5)6/h8,10-13,15-16,18,27-28H,7,9,14H2,1-6H3. The van der Waals surface area contributed by atoms with E-state index in [1.165, 1.54) is 16.7 Å². The van der Waals surface area contributed by atoms with Gasteiger partial charge in [-0.25, -0.2) is 0 Å². The molecule has 150 valence electrons. The molecule has 0 amide bonds. The molecule has 2 N–H and O–H groups in total. The van der Waals surface area contributed by atoms with E-state index in [0.29, 0.717) is 17.4 Å². The topological polar surface area (TPSA) is 40.5 Å². The zero-order valence-corrected chi connectivity index (χ0v) is 18.1. The number of aromatic hydroxyl groups is 2. The zero-order chi connectivity index (χ0) is 20.7. The number of phenols is 2. The van der Waals surface area contributed by atoms with E-state index in [0.717, 1.165) is 30.4 Å². The maximum Gasteiger partial charge on any atom is 0.119 e. The lowest BCUT2D eigenvalue weighted by Gasteiger charge is -2.27. The van der Waals surface area contributed by atoms with E-state index in [4.69, 9.17) is 0 Å². The van der Waals surface area contributed by atoms with Crippen LogP contribution in [-0.2, 0) is 10.8 Å². The van der Waals surface area contributed by atoms with Crippen molar-refractivity contribution in [2.24, 2.45) is 0 Å². The summed E-state index contributed by atoms with van der Waals surface area (Å²) < 4.78 is 0. The number of benzene rings is 2. The summed E-state index contributed by atoms with van der Waals surface area (Å²) >= 11 is 0. The fourth-order valence-corrected chi connectivity index (χ4v) is 4.17. The van der Waals surface area contributed by atoms with Crippen molar-refractivity contribution in [3.05, 3.63) is 64.7 Å². The molecule has 1 atom stereocenters. The van der Waals surface area contributed by atoms with Crippen LogP contribution in [0.25, 0.3) is 5.57 Å². The third kappa shape index (κ3) is 4.27. The fourth-order valence-electron chi connectivity index (χ4n) is 4.17. The molecule has 0 aromatic heterocycles. The Labute approximate surface area is 169 Å². The van der Waals surface area contributed by atoms with Gasteiger partial charge in [0.1, 0.15) is 11.5 Å². The molecule has 0 saturated carbocycles. The van der Waals surface area contributed by atoms with Gasteiger partial charge in [-0.05, 0) is 82.0 Å². The number of rotatable bonds is 2. The minimum atomic E-state index is -0.0900. The Morgan fingerprint density at radius 2 is 1.36 bits per heavy atom. The van der Waals surface area contributed by atoms with Gasteiger partial charge in [0.2, 0.25) is 0 Å². The molecule has 0 radical (unpaired) electrons. The Morgan fingerprint density at radius 1 is 0.786 bits per heavy atom. The van der Waals surface area contributed by atoms with Crippen molar-refractivity contribution in [1.29, 1.82) is 0 Å². The van der Waals surface area contributed by atoms with Crippen molar-refractivity contribution in [3.63, 3.8) is 0 Å². The first-order valence-corrected chi connectivity index (χ1v) is 10.3. The molecule has 1 aliphatic carbocycles. The summed E-state index contributed by atoms with van der Waals surface area (Å²) in [5, 5.41) is 20.6. The van der Waals surface area contributed by atoms with Crippen LogP contribution in [0.3, 0.4) is 0 Å². The quantitative estimate of drug-likeness (QED) is 0.588. The fraction of sp³-hybridized carbons (Fsp3) is 0.462. The predicted octanol–water partition coefficient (Wildman–Crippen LogP) is 7.04. The second kappa shape index (κ2) is 7.31. The minimum absolute atomic E-state index is 0.0774. The van der Waals surface area contributed by atoms with Crippen molar-refractivity contribution < 1.29 is 10.2 Å². The van der Waals surface area contributed by atoms with E-state index in [-0.39, 0.29) is 10.8 Å². The van der Waals surface area contributed by atoms with Gasteiger partial charge in [0, 0.05) is 0 Å². The summed E-state index contributed by atoms with van der Waals surface area (Å²) in [7, 11) is 0. The summed E-state index contributed by atoms with van der Waals surface area (Å²) in [5.74, 6) is 1.21. The minimum Gasteiger partial charge on any atom is -0.508 e. The van der Waals surface area contributed by atoms with Gasteiger partial charge in [0.15, 0.2) is 0 Å². The molecule has 0 saturated heterocycles. The molecule has 0 heterocycles. The van der Waals surface area contributed by atoms with Crippen LogP contribution in [0.1, 0.15) is 89.0 Å². The van der Waals surface area contributed by atoms with Gasteiger partial charge in [-0.2, -0.15) is 0 Å². The number of allylic oxidation sites excluding steroid dienone is 2. The highest BCUT2D eigenvalue weighted by atomic mass is 16.3. The zero-order valence-electron chi connectivity index (χ0n) is 18.1. The first kappa shape index (κ1) is 20.5. The molecule has 2 aromatic carbocycles. The normalized spacial score (nSPS) is 18.1. The van der Waals surface area contributed by atoms with Crippen LogP contribution in [0.15, 0.2) is 42.5 Å².